The first-order chi connectivity index (χ1) is 29.7. The highest BCUT2D eigenvalue weighted by atomic mass is 15.0. The molecule has 0 radical (unpaired) electrons. The molecule has 4 aromatic heterocycles. The van der Waals surface area contributed by atoms with Crippen molar-refractivity contribution in [2.24, 2.45) is 0 Å². The number of hydrogen-bond donors (Lipinski definition) is 0. The van der Waals surface area contributed by atoms with Gasteiger partial charge in [0.2, 0.25) is 0 Å². The number of nitrogens with zero attached hydrogens (tertiary/aromatic N) is 5. The lowest BCUT2D eigenvalue weighted by molar-refractivity contribution is 1.07. The molecule has 9 aromatic carbocycles. The van der Waals surface area contributed by atoms with Crippen LogP contribution in [0.3, 0.4) is 0 Å². The predicted molar refractivity (Wildman–Crippen MR) is 248 cm³/mol. The van der Waals surface area contributed by atoms with E-state index in [1.54, 1.807) is 0 Å². The van der Waals surface area contributed by atoms with Crippen LogP contribution >= 0.6 is 0 Å². The zero-order chi connectivity index (χ0) is 39.3. The minimum atomic E-state index is 0.646. The zero-order valence-corrected chi connectivity index (χ0v) is 32.3. The number of fused-ring (bicyclic) bond motifs is 9. The largest absolute Gasteiger partial charge is 0.309 e. The Hall–Kier alpha value is -8.15. The lowest BCUT2D eigenvalue weighted by atomic mass is 9.97. The van der Waals surface area contributed by atoms with Gasteiger partial charge in [0.15, 0.2) is 17.5 Å². The van der Waals surface area contributed by atoms with Crippen LogP contribution in [0.5, 0.6) is 0 Å². The molecule has 0 saturated heterocycles. The first kappa shape index (κ1) is 32.9. The molecule has 0 aliphatic carbocycles. The van der Waals surface area contributed by atoms with E-state index in [0.717, 1.165) is 33.3 Å². The fourth-order valence-electron chi connectivity index (χ4n) is 9.56. The zero-order valence-electron chi connectivity index (χ0n) is 32.3. The number of aromatic nitrogens is 5. The van der Waals surface area contributed by atoms with Crippen molar-refractivity contribution in [3.8, 4) is 51.0 Å². The fourth-order valence-corrected chi connectivity index (χ4v) is 9.56. The molecule has 0 atom stereocenters. The van der Waals surface area contributed by atoms with Crippen molar-refractivity contribution in [1.29, 1.82) is 0 Å². The van der Waals surface area contributed by atoms with E-state index in [-0.39, 0.29) is 0 Å². The lowest BCUT2D eigenvalue weighted by Crippen LogP contribution is -2.00. The van der Waals surface area contributed by atoms with Crippen molar-refractivity contribution in [3.63, 3.8) is 0 Å². The van der Waals surface area contributed by atoms with Crippen molar-refractivity contribution in [2.45, 2.75) is 0 Å². The molecule has 0 fully saturated rings. The summed E-state index contributed by atoms with van der Waals surface area (Å²) < 4.78 is 4.84. The summed E-state index contributed by atoms with van der Waals surface area (Å²) in [6, 6.07) is 71.5. The van der Waals surface area contributed by atoms with Crippen LogP contribution in [0, 0.1) is 0 Å². The highest BCUT2D eigenvalue weighted by Crippen LogP contribution is 2.43. The third kappa shape index (κ3) is 4.84. The minimum absolute atomic E-state index is 0.646. The Bertz CT molecular complexity index is 3750. The van der Waals surface area contributed by atoms with Gasteiger partial charge in [0.05, 0.1) is 27.6 Å². The predicted octanol–water partition coefficient (Wildman–Crippen LogP) is 13.9. The van der Waals surface area contributed by atoms with E-state index >= 15 is 0 Å². The average molecular weight is 764 g/mol. The Morgan fingerprint density at radius 1 is 0.300 bits per heavy atom. The van der Waals surface area contributed by atoms with Crippen LogP contribution in [0.25, 0.3) is 122 Å². The topological polar surface area (TPSA) is 48.0 Å². The number of pyridine rings is 1. The van der Waals surface area contributed by atoms with Gasteiger partial charge in [0.1, 0.15) is 0 Å². The van der Waals surface area contributed by atoms with Crippen molar-refractivity contribution in [3.05, 3.63) is 200 Å². The summed E-state index contributed by atoms with van der Waals surface area (Å²) in [6.45, 7) is 0. The quantitative estimate of drug-likeness (QED) is 0.130. The Labute approximate surface area is 344 Å². The second-order valence-electron chi connectivity index (χ2n) is 15.6. The molecule has 0 amide bonds. The van der Waals surface area contributed by atoms with E-state index in [2.05, 4.69) is 173 Å². The summed E-state index contributed by atoms with van der Waals surface area (Å²) in [4.78, 5) is 15.1. The maximum Gasteiger partial charge on any atom is 0.164 e. The average Bonchev–Trinajstić information content (AvgIpc) is 3.84. The Balaban J connectivity index is 1.02. The van der Waals surface area contributed by atoms with E-state index in [4.69, 9.17) is 15.0 Å². The van der Waals surface area contributed by atoms with Crippen LogP contribution in [0.4, 0.5) is 0 Å². The number of para-hydroxylation sites is 2. The smallest absolute Gasteiger partial charge is 0.164 e. The van der Waals surface area contributed by atoms with Gasteiger partial charge in [-0.25, -0.2) is 15.0 Å². The van der Waals surface area contributed by atoms with Gasteiger partial charge >= 0.3 is 0 Å². The summed E-state index contributed by atoms with van der Waals surface area (Å²) in [5.74, 6) is 1.95. The maximum absolute atomic E-state index is 5.08. The number of hydrogen-bond acceptors (Lipinski definition) is 3. The monoisotopic (exact) mass is 763 g/mol. The van der Waals surface area contributed by atoms with Gasteiger partial charge in [-0.2, -0.15) is 0 Å². The highest BCUT2D eigenvalue weighted by molar-refractivity contribution is 6.29. The standard InChI is InChI=1S/C55H33N5/c1-4-13-35(14-5-1)53-56-54(36-15-6-2-7-16-36)58-55(57-53)39-26-30-49-45(33-39)42-21-12-17-34-23-27-43-46-32-38(25-29-50(46)60(49)52(43)51(34)42)37-24-28-48-44(31-37)41-20-10-11-22-47(41)59(48)40-18-8-3-9-19-40/h1-33H. The molecule has 0 unspecified atom stereocenters. The molecular formula is C55H33N5. The normalized spacial score (nSPS) is 12.0. The summed E-state index contributed by atoms with van der Waals surface area (Å²) in [6.07, 6.45) is 0. The molecule has 0 saturated carbocycles. The molecule has 0 bridgehead atoms. The van der Waals surface area contributed by atoms with Crippen LogP contribution < -0.4 is 0 Å². The first-order valence-corrected chi connectivity index (χ1v) is 20.4. The molecule has 278 valence electrons. The van der Waals surface area contributed by atoms with E-state index in [9.17, 15) is 0 Å². The summed E-state index contributed by atoms with van der Waals surface area (Å²) >= 11 is 0. The van der Waals surface area contributed by atoms with Crippen LogP contribution in [-0.4, -0.2) is 23.9 Å². The molecular weight excluding hydrogens is 731 g/mol. The first-order valence-electron chi connectivity index (χ1n) is 20.4. The van der Waals surface area contributed by atoms with E-state index in [1.807, 2.05) is 36.4 Å². The summed E-state index contributed by atoms with van der Waals surface area (Å²) in [5, 5.41) is 9.84. The Kier molecular flexibility index (Phi) is 6.95. The molecule has 0 aliphatic heterocycles. The van der Waals surface area contributed by atoms with Gasteiger partial charge in [-0.1, -0.05) is 140 Å². The number of benzene rings is 9. The third-order valence-corrected chi connectivity index (χ3v) is 12.3. The third-order valence-electron chi connectivity index (χ3n) is 12.3. The van der Waals surface area contributed by atoms with Gasteiger partial charge < -0.3 is 8.97 Å². The highest BCUT2D eigenvalue weighted by Gasteiger charge is 2.21. The Morgan fingerprint density at radius 2 is 0.800 bits per heavy atom. The molecule has 13 rings (SSSR count). The van der Waals surface area contributed by atoms with Crippen molar-refractivity contribution in [1.82, 2.24) is 23.9 Å². The van der Waals surface area contributed by atoms with Crippen LogP contribution in [0.15, 0.2) is 200 Å². The van der Waals surface area contributed by atoms with E-state index in [1.165, 1.54) is 70.9 Å². The fraction of sp³-hybridized carbons (Fsp3) is 0. The SMILES string of the molecule is c1ccc(-c2nc(-c3ccccc3)nc(-c3ccc4c(c3)c3cccc5ccc6c7cc(-c8ccc9c(c8)c8ccccc8n9-c8ccccc8)ccc7n4c6c53)n2)cc1. The van der Waals surface area contributed by atoms with E-state index in [0.29, 0.717) is 17.5 Å². The summed E-state index contributed by atoms with van der Waals surface area (Å²) in [7, 11) is 0. The van der Waals surface area contributed by atoms with Gasteiger partial charge in [0, 0.05) is 54.7 Å². The van der Waals surface area contributed by atoms with Crippen molar-refractivity contribution in [2.75, 3.05) is 0 Å². The molecule has 0 spiro atoms. The molecule has 0 N–H and O–H groups in total. The molecule has 5 heteroatoms. The minimum Gasteiger partial charge on any atom is -0.309 e. The maximum atomic E-state index is 5.08. The Morgan fingerprint density at radius 3 is 1.48 bits per heavy atom. The van der Waals surface area contributed by atoms with Gasteiger partial charge in [-0.15, -0.1) is 0 Å². The molecule has 4 heterocycles. The van der Waals surface area contributed by atoms with Crippen LogP contribution in [-0.2, 0) is 0 Å². The lowest BCUT2D eigenvalue weighted by Gasteiger charge is -2.14. The van der Waals surface area contributed by atoms with Gasteiger partial charge in [-0.05, 0) is 82.6 Å². The molecule has 0 aliphatic rings. The molecule has 5 nitrogen and oxygen atoms in total. The van der Waals surface area contributed by atoms with Gasteiger partial charge in [-0.3, -0.25) is 0 Å². The van der Waals surface area contributed by atoms with Gasteiger partial charge in [0.25, 0.3) is 0 Å². The second-order valence-corrected chi connectivity index (χ2v) is 15.6. The number of rotatable bonds is 5. The van der Waals surface area contributed by atoms with Crippen molar-refractivity contribution >= 4 is 70.7 Å². The van der Waals surface area contributed by atoms with E-state index < -0.39 is 0 Å². The molecule has 60 heavy (non-hydrogen) atoms. The summed E-state index contributed by atoms with van der Waals surface area (Å²) in [5.41, 5.74) is 12.4. The van der Waals surface area contributed by atoms with Crippen LogP contribution in [0.1, 0.15) is 0 Å². The van der Waals surface area contributed by atoms with Crippen LogP contribution in [0.2, 0.25) is 0 Å². The van der Waals surface area contributed by atoms with Crippen molar-refractivity contribution < 1.29 is 0 Å². The molecule has 13 aromatic rings. The second kappa shape index (κ2) is 12.7.